The maximum atomic E-state index is 13.5. The van der Waals surface area contributed by atoms with Gasteiger partial charge in [-0.05, 0) is 60.8 Å². The Labute approximate surface area is 182 Å². The Balaban J connectivity index is 1.77. The third kappa shape index (κ3) is 5.53. The first kappa shape index (κ1) is 23.0. The van der Waals surface area contributed by atoms with Crippen molar-refractivity contribution in [2.24, 2.45) is 11.3 Å². The lowest BCUT2D eigenvalue weighted by Gasteiger charge is -2.39. The van der Waals surface area contributed by atoms with Crippen molar-refractivity contribution in [3.05, 3.63) is 59.9 Å². The van der Waals surface area contributed by atoms with Crippen molar-refractivity contribution < 1.29 is 28.5 Å². The summed E-state index contributed by atoms with van der Waals surface area (Å²) in [5, 5.41) is 9.98. The van der Waals surface area contributed by atoms with Crippen molar-refractivity contribution in [3.8, 4) is 11.1 Å². The van der Waals surface area contributed by atoms with E-state index in [-0.39, 0.29) is 18.2 Å². The maximum Gasteiger partial charge on any atom is 0.326 e. The molecule has 1 fully saturated rings. The van der Waals surface area contributed by atoms with Gasteiger partial charge in [0.15, 0.2) is 5.41 Å². The average Bonchev–Trinajstić information content (AvgIpc) is 2.66. The monoisotopic (exact) mass is 426 g/mol. The Hall–Kier alpha value is -2.67. The van der Waals surface area contributed by atoms with Crippen LogP contribution in [-0.2, 0) is 25.5 Å². The van der Waals surface area contributed by atoms with Gasteiger partial charge in [0, 0.05) is 13.8 Å². The van der Waals surface area contributed by atoms with Crippen molar-refractivity contribution in [1.29, 1.82) is 0 Å². The molecule has 0 amide bonds. The SMILES string of the molecule is CB(O)C[C@H](Cc1ccc(-c2cccc(F)c2)cc1)CC1(C)C(=O)OC(C)(C)OC1=O. The summed E-state index contributed by atoms with van der Waals surface area (Å²) in [5.74, 6) is -2.93. The van der Waals surface area contributed by atoms with Gasteiger partial charge in [-0.2, -0.15) is 0 Å². The van der Waals surface area contributed by atoms with Crippen LogP contribution in [0.15, 0.2) is 48.5 Å². The summed E-state index contributed by atoms with van der Waals surface area (Å²) in [6.07, 6.45) is 1.19. The molecular formula is C24H28BFO5. The van der Waals surface area contributed by atoms with Crippen LogP contribution >= 0.6 is 0 Å². The molecule has 7 heteroatoms. The van der Waals surface area contributed by atoms with Crippen LogP contribution in [0.5, 0.6) is 0 Å². The average molecular weight is 426 g/mol. The highest BCUT2D eigenvalue weighted by molar-refractivity contribution is 6.48. The van der Waals surface area contributed by atoms with E-state index in [9.17, 15) is 19.0 Å². The third-order valence-corrected chi connectivity index (χ3v) is 5.59. The zero-order valence-electron chi connectivity index (χ0n) is 18.4. The highest BCUT2D eigenvalue weighted by atomic mass is 19.1. The zero-order chi connectivity index (χ0) is 22.8. The number of cyclic esters (lactones) is 2. The van der Waals surface area contributed by atoms with Gasteiger partial charge >= 0.3 is 11.9 Å². The van der Waals surface area contributed by atoms with E-state index in [4.69, 9.17) is 9.47 Å². The highest BCUT2D eigenvalue weighted by Crippen LogP contribution is 2.39. The van der Waals surface area contributed by atoms with E-state index in [0.717, 1.165) is 16.7 Å². The van der Waals surface area contributed by atoms with E-state index in [1.807, 2.05) is 30.3 Å². The van der Waals surface area contributed by atoms with Crippen LogP contribution in [0.2, 0.25) is 13.1 Å². The first-order valence-corrected chi connectivity index (χ1v) is 10.5. The molecule has 0 spiro atoms. The van der Waals surface area contributed by atoms with Gasteiger partial charge in [0.2, 0.25) is 0 Å². The van der Waals surface area contributed by atoms with Gasteiger partial charge in [-0.15, -0.1) is 0 Å². The number of ether oxygens (including phenoxy) is 2. The minimum absolute atomic E-state index is 0.147. The molecule has 5 nitrogen and oxygen atoms in total. The molecule has 1 aliphatic rings. The Morgan fingerprint density at radius 2 is 1.61 bits per heavy atom. The predicted molar refractivity (Wildman–Crippen MR) is 117 cm³/mol. The fourth-order valence-electron chi connectivity index (χ4n) is 4.08. The summed E-state index contributed by atoms with van der Waals surface area (Å²) >= 11 is 0. The molecule has 164 valence electrons. The van der Waals surface area contributed by atoms with E-state index in [2.05, 4.69) is 0 Å². The first-order chi connectivity index (χ1) is 14.5. The lowest BCUT2D eigenvalue weighted by atomic mass is 9.60. The van der Waals surface area contributed by atoms with Crippen LogP contribution in [0.25, 0.3) is 11.1 Å². The molecule has 3 rings (SSSR count). The molecule has 0 aromatic heterocycles. The largest absolute Gasteiger partial charge is 0.451 e. The first-order valence-electron chi connectivity index (χ1n) is 10.5. The van der Waals surface area contributed by atoms with Crippen LogP contribution < -0.4 is 0 Å². The van der Waals surface area contributed by atoms with Crippen LogP contribution in [0.1, 0.15) is 32.8 Å². The lowest BCUT2D eigenvalue weighted by molar-refractivity contribution is -0.250. The van der Waals surface area contributed by atoms with Gasteiger partial charge in [0.1, 0.15) is 5.82 Å². The molecule has 0 unspecified atom stereocenters. The molecule has 1 heterocycles. The fourth-order valence-corrected chi connectivity index (χ4v) is 4.08. The van der Waals surface area contributed by atoms with Crippen LogP contribution in [-0.4, -0.2) is 29.7 Å². The van der Waals surface area contributed by atoms with Gasteiger partial charge in [-0.1, -0.05) is 43.2 Å². The van der Waals surface area contributed by atoms with Crippen LogP contribution in [0, 0.1) is 17.2 Å². The molecule has 1 aliphatic heterocycles. The van der Waals surface area contributed by atoms with Crippen molar-refractivity contribution in [2.45, 2.75) is 52.5 Å². The Morgan fingerprint density at radius 3 is 2.16 bits per heavy atom. The number of hydrogen-bond acceptors (Lipinski definition) is 5. The van der Waals surface area contributed by atoms with Crippen molar-refractivity contribution in [3.63, 3.8) is 0 Å². The number of carbonyl (C=O) groups excluding carboxylic acids is 2. The van der Waals surface area contributed by atoms with E-state index < -0.39 is 30.1 Å². The van der Waals surface area contributed by atoms with Gasteiger partial charge < -0.3 is 14.5 Å². The van der Waals surface area contributed by atoms with E-state index in [1.165, 1.54) is 32.9 Å². The second kappa shape index (κ2) is 8.83. The molecule has 31 heavy (non-hydrogen) atoms. The second-order valence-electron chi connectivity index (χ2n) is 9.08. The fraction of sp³-hybridized carbons (Fsp3) is 0.417. The summed E-state index contributed by atoms with van der Waals surface area (Å²) in [4.78, 5) is 25.3. The van der Waals surface area contributed by atoms with Crippen molar-refractivity contribution >= 4 is 18.9 Å². The molecular weight excluding hydrogens is 398 g/mol. The second-order valence-corrected chi connectivity index (χ2v) is 9.08. The minimum Gasteiger partial charge on any atom is -0.451 e. The maximum absolute atomic E-state index is 13.5. The number of carbonyl (C=O) groups is 2. The number of hydrogen-bond donors (Lipinski definition) is 1. The zero-order valence-corrected chi connectivity index (χ0v) is 18.4. The van der Waals surface area contributed by atoms with E-state index in [0.29, 0.717) is 12.7 Å². The molecule has 1 N–H and O–H groups in total. The summed E-state index contributed by atoms with van der Waals surface area (Å²) in [6, 6.07) is 14.1. The summed E-state index contributed by atoms with van der Waals surface area (Å²) < 4.78 is 24.1. The number of rotatable bonds is 7. The topological polar surface area (TPSA) is 72.8 Å². The molecule has 2 aromatic rings. The lowest BCUT2D eigenvalue weighted by Crippen LogP contribution is -2.53. The van der Waals surface area contributed by atoms with Gasteiger partial charge in [-0.3, -0.25) is 9.59 Å². The smallest absolute Gasteiger partial charge is 0.326 e. The summed E-state index contributed by atoms with van der Waals surface area (Å²) in [7, 11) is 0. The van der Waals surface area contributed by atoms with Crippen molar-refractivity contribution in [1.82, 2.24) is 0 Å². The van der Waals surface area contributed by atoms with Crippen LogP contribution in [0.3, 0.4) is 0 Å². The quantitative estimate of drug-likeness (QED) is 0.401. The molecule has 2 aromatic carbocycles. The molecule has 1 atom stereocenters. The summed E-state index contributed by atoms with van der Waals surface area (Å²) in [5.41, 5.74) is 1.25. The van der Waals surface area contributed by atoms with E-state index >= 15 is 0 Å². The molecule has 0 bridgehead atoms. The van der Waals surface area contributed by atoms with E-state index in [1.54, 1.807) is 12.9 Å². The minimum atomic E-state index is -1.42. The third-order valence-electron chi connectivity index (χ3n) is 5.59. The highest BCUT2D eigenvalue weighted by Gasteiger charge is 2.53. The van der Waals surface area contributed by atoms with Gasteiger partial charge in [0.05, 0.1) is 0 Å². The molecule has 0 saturated carbocycles. The Kier molecular flexibility index (Phi) is 6.55. The van der Waals surface area contributed by atoms with Crippen LogP contribution in [0.4, 0.5) is 4.39 Å². The predicted octanol–water partition coefficient (Wildman–Crippen LogP) is 4.50. The van der Waals surface area contributed by atoms with Crippen molar-refractivity contribution in [2.75, 3.05) is 0 Å². The normalized spacial score (nSPS) is 18.1. The molecule has 0 aliphatic carbocycles. The van der Waals surface area contributed by atoms with Gasteiger partial charge in [0.25, 0.3) is 12.7 Å². The standard InChI is InChI=1S/C24H28BFO5/c1-23(2)30-21(27)24(3,22(28)31-23)14-17(15-25(4)29)12-16-8-10-18(11-9-16)19-6-5-7-20(26)13-19/h5-11,13,17,29H,12,14-15H2,1-4H3/t17-/m1/s1. The molecule has 1 saturated heterocycles. The number of esters is 2. The molecule has 0 radical (unpaired) electrons. The van der Waals surface area contributed by atoms with Gasteiger partial charge in [-0.25, -0.2) is 4.39 Å². The number of benzene rings is 2. The Bertz CT molecular complexity index is 935. The Morgan fingerprint density at radius 1 is 1.00 bits per heavy atom. The number of halogens is 1. The summed E-state index contributed by atoms with van der Waals surface area (Å²) in [6.45, 7) is 5.68.